The fraction of sp³-hybridized carbons (Fsp3) is 0.286. The van der Waals surface area contributed by atoms with Crippen LogP contribution in [0.25, 0.3) is 5.69 Å². The van der Waals surface area contributed by atoms with Gasteiger partial charge in [-0.2, -0.15) is 0 Å². The molecule has 0 bridgehead atoms. The zero-order valence-corrected chi connectivity index (χ0v) is 19.1. The van der Waals surface area contributed by atoms with Crippen molar-refractivity contribution in [2.24, 2.45) is 0 Å². The Labute approximate surface area is 199 Å². The largest absolute Gasteiger partial charge is 0.379 e. The molecule has 4 rings (SSSR count). The van der Waals surface area contributed by atoms with Crippen LogP contribution < -0.4 is 5.32 Å². The molecule has 172 valence electrons. The summed E-state index contributed by atoms with van der Waals surface area (Å²) in [6, 6.07) is 13.0. The Hall–Kier alpha value is -2.99. The van der Waals surface area contributed by atoms with Crippen LogP contribution in [0.15, 0.2) is 53.7 Å². The Morgan fingerprint density at radius 1 is 1.12 bits per heavy atom. The fourth-order valence-corrected chi connectivity index (χ4v) is 4.20. The van der Waals surface area contributed by atoms with E-state index in [1.54, 1.807) is 12.1 Å². The molecule has 2 aromatic carbocycles. The van der Waals surface area contributed by atoms with Crippen molar-refractivity contribution in [3.63, 3.8) is 0 Å². The SMILES string of the molecule is O=C(CSc1nnc(CN2CCOCC2)n1-c1ccc(Cl)cc1)Nc1ccc([N+](=O)[O-])cc1. The molecule has 0 saturated carbocycles. The summed E-state index contributed by atoms with van der Waals surface area (Å²) >= 11 is 7.31. The molecule has 12 heteroatoms. The van der Waals surface area contributed by atoms with E-state index in [1.807, 2.05) is 16.7 Å². The number of amides is 1. The highest BCUT2D eigenvalue weighted by Crippen LogP contribution is 2.25. The van der Waals surface area contributed by atoms with Crippen LogP contribution in [0.3, 0.4) is 0 Å². The molecule has 0 radical (unpaired) electrons. The van der Waals surface area contributed by atoms with Gasteiger partial charge in [-0.15, -0.1) is 10.2 Å². The van der Waals surface area contributed by atoms with Crippen LogP contribution in [-0.2, 0) is 16.1 Å². The third-order valence-corrected chi connectivity index (χ3v) is 6.13. The van der Waals surface area contributed by atoms with E-state index in [4.69, 9.17) is 16.3 Å². The predicted molar refractivity (Wildman–Crippen MR) is 125 cm³/mol. The van der Waals surface area contributed by atoms with E-state index in [2.05, 4.69) is 20.4 Å². The number of hydrogen-bond donors (Lipinski definition) is 1. The number of morpholine rings is 1. The number of nitrogens with zero attached hydrogens (tertiary/aromatic N) is 5. The number of nitro benzene ring substituents is 1. The summed E-state index contributed by atoms with van der Waals surface area (Å²) in [5.41, 5.74) is 1.30. The molecule has 10 nitrogen and oxygen atoms in total. The van der Waals surface area contributed by atoms with E-state index in [0.717, 1.165) is 24.6 Å². The van der Waals surface area contributed by atoms with Gasteiger partial charge in [0.2, 0.25) is 5.91 Å². The number of benzene rings is 2. The first-order valence-electron chi connectivity index (χ1n) is 10.2. The molecule has 0 atom stereocenters. The monoisotopic (exact) mass is 488 g/mol. The van der Waals surface area contributed by atoms with Gasteiger partial charge in [0, 0.05) is 41.6 Å². The van der Waals surface area contributed by atoms with E-state index in [-0.39, 0.29) is 17.3 Å². The van der Waals surface area contributed by atoms with Gasteiger partial charge in [-0.25, -0.2) is 0 Å². The molecule has 3 aromatic rings. The van der Waals surface area contributed by atoms with Gasteiger partial charge in [0.1, 0.15) is 0 Å². The van der Waals surface area contributed by atoms with Crippen molar-refractivity contribution in [2.45, 2.75) is 11.7 Å². The van der Waals surface area contributed by atoms with Crippen molar-refractivity contribution in [3.05, 3.63) is 69.5 Å². The summed E-state index contributed by atoms with van der Waals surface area (Å²) in [5, 5.41) is 23.4. The molecular weight excluding hydrogens is 468 g/mol. The van der Waals surface area contributed by atoms with Gasteiger partial charge < -0.3 is 10.1 Å². The molecular formula is C21H21ClN6O4S. The Bertz CT molecular complexity index is 1120. The summed E-state index contributed by atoms with van der Waals surface area (Å²) < 4.78 is 7.35. The van der Waals surface area contributed by atoms with E-state index in [1.165, 1.54) is 36.0 Å². The molecule has 2 heterocycles. The predicted octanol–water partition coefficient (Wildman–Crippen LogP) is 3.39. The topological polar surface area (TPSA) is 115 Å². The number of thioether (sulfide) groups is 1. The summed E-state index contributed by atoms with van der Waals surface area (Å²) in [6.07, 6.45) is 0. The Morgan fingerprint density at radius 2 is 1.82 bits per heavy atom. The lowest BCUT2D eigenvalue weighted by Gasteiger charge is -2.26. The minimum absolute atomic E-state index is 0.0359. The third-order valence-electron chi connectivity index (χ3n) is 4.95. The van der Waals surface area contributed by atoms with Gasteiger partial charge in [0.05, 0.1) is 30.4 Å². The lowest BCUT2D eigenvalue weighted by atomic mass is 10.3. The van der Waals surface area contributed by atoms with Crippen molar-refractivity contribution >= 4 is 40.6 Å². The molecule has 1 N–H and O–H groups in total. The number of nitro groups is 1. The van der Waals surface area contributed by atoms with Gasteiger partial charge in [-0.3, -0.25) is 24.4 Å². The highest BCUT2D eigenvalue weighted by atomic mass is 35.5. The summed E-state index contributed by atoms with van der Waals surface area (Å²) in [6.45, 7) is 3.59. The van der Waals surface area contributed by atoms with E-state index in [0.29, 0.717) is 35.6 Å². The lowest BCUT2D eigenvalue weighted by molar-refractivity contribution is -0.384. The minimum atomic E-state index is -0.487. The first-order chi connectivity index (χ1) is 16.0. The molecule has 1 aromatic heterocycles. The Balaban J connectivity index is 1.47. The maximum Gasteiger partial charge on any atom is 0.269 e. The quantitative estimate of drug-likeness (QED) is 0.291. The zero-order chi connectivity index (χ0) is 23.2. The molecule has 1 aliphatic rings. The van der Waals surface area contributed by atoms with Gasteiger partial charge >= 0.3 is 0 Å². The number of halogens is 1. The molecule has 1 fully saturated rings. The number of ether oxygens (including phenoxy) is 1. The van der Waals surface area contributed by atoms with Crippen molar-refractivity contribution in [3.8, 4) is 5.69 Å². The van der Waals surface area contributed by atoms with Gasteiger partial charge in [-0.05, 0) is 36.4 Å². The highest BCUT2D eigenvalue weighted by Gasteiger charge is 2.20. The highest BCUT2D eigenvalue weighted by molar-refractivity contribution is 7.99. The van der Waals surface area contributed by atoms with Crippen LogP contribution in [0.2, 0.25) is 5.02 Å². The first kappa shape index (κ1) is 23.2. The van der Waals surface area contributed by atoms with E-state index < -0.39 is 4.92 Å². The van der Waals surface area contributed by atoms with Crippen LogP contribution in [0, 0.1) is 10.1 Å². The van der Waals surface area contributed by atoms with Crippen LogP contribution in [0.5, 0.6) is 0 Å². The number of carbonyl (C=O) groups is 1. The van der Waals surface area contributed by atoms with Crippen LogP contribution in [0.4, 0.5) is 11.4 Å². The maximum atomic E-state index is 12.5. The molecule has 1 amide bonds. The molecule has 0 spiro atoms. The minimum Gasteiger partial charge on any atom is -0.379 e. The second-order valence-corrected chi connectivity index (χ2v) is 8.62. The standard InChI is InChI=1S/C21H21ClN6O4S/c22-15-1-5-17(6-2-15)27-19(13-26-9-11-32-12-10-26)24-25-21(27)33-14-20(29)23-16-3-7-18(8-4-16)28(30)31/h1-8H,9-14H2,(H,23,29). The number of rotatable bonds is 8. The number of hydrogen-bond acceptors (Lipinski definition) is 8. The Kier molecular flexibility index (Phi) is 7.55. The molecule has 1 aliphatic heterocycles. The van der Waals surface area contributed by atoms with E-state index >= 15 is 0 Å². The van der Waals surface area contributed by atoms with Gasteiger partial charge in [-0.1, -0.05) is 23.4 Å². The average Bonchev–Trinajstić information content (AvgIpc) is 3.21. The average molecular weight is 489 g/mol. The molecule has 0 unspecified atom stereocenters. The maximum absolute atomic E-state index is 12.5. The number of non-ortho nitro benzene ring substituents is 1. The normalized spacial score (nSPS) is 14.2. The van der Waals surface area contributed by atoms with Crippen LogP contribution >= 0.6 is 23.4 Å². The summed E-state index contributed by atoms with van der Waals surface area (Å²) in [7, 11) is 0. The summed E-state index contributed by atoms with van der Waals surface area (Å²) in [5.74, 6) is 0.604. The molecule has 0 aliphatic carbocycles. The lowest BCUT2D eigenvalue weighted by Crippen LogP contribution is -2.36. The molecule has 1 saturated heterocycles. The van der Waals surface area contributed by atoms with Gasteiger partial charge in [0.15, 0.2) is 11.0 Å². The fourth-order valence-electron chi connectivity index (χ4n) is 3.30. The number of carbonyl (C=O) groups excluding carboxylic acids is 1. The van der Waals surface area contributed by atoms with Crippen LogP contribution in [-0.4, -0.2) is 62.6 Å². The first-order valence-corrected chi connectivity index (χ1v) is 11.5. The summed E-state index contributed by atoms with van der Waals surface area (Å²) in [4.78, 5) is 25.0. The second-order valence-electron chi connectivity index (χ2n) is 7.24. The van der Waals surface area contributed by atoms with Crippen molar-refractivity contribution in [2.75, 3.05) is 37.4 Å². The molecule has 33 heavy (non-hydrogen) atoms. The van der Waals surface area contributed by atoms with Crippen LogP contribution in [0.1, 0.15) is 5.82 Å². The smallest absolute Gasteiger partial charge is 0.269 e. The number of anilines is 1. The Morgan fingerprint density at radius 3 is 2.48 bits per heavy atom. The van der Waals surface area contributed by atoms with E-state index in [9.17, 15) is 14.9 Å². The van der Waals surface area contributed by atoms with Gasteiger partial charge in [0.25, 0.3) is 5.69 Å². The van der Waals surface area contributed by atoms with Crippen molar-refractivity contribution in [1.82, 2.24) is 19.7 Å². The number of nitrogens with one attached hydrogen (secondary N) is 1. The zero-order valence-electron chi connectivity index (χ0n) is 17.5. The van der Waals surface area contributed by atoms with Crippen molar-refractivity contribution in [1.29, 1.82) is 0 Å². The number of aromatic nitrogens is 3. The van der Waals surface area contributed by atoms with Crippen molar-refractivity contribution < 1.29 is 14.5 Å². The second kappa shape index (κ2) is 10.8. The third kappa shape index (κ3) is 6.08.